The summed E-state index contributed by atoms with van der Waals surface area (Å²) in [6, 6.07) is 0. The zero-order chi connectivity index (χ0) is 13.2. The Balaban J connectivity index is 1.83. The summed E-state index contributed by atoms with van der Waals surface area (Å²) in [4.78, 5) is 17.3. The van der Waals surface area contributed by atoms with Gasteiger partial charge in [0.25, 0.3) is 0 Å². The number of β-amino-alcohol motifs (C(OH)–C–C–N with tert-alkyl or cyclic N) is 1. The van der Waals surface area contributed by atoms with Gasteiger partial charge in [-0.05, 0) is 13.3 Å². The van der Waals surface area contributed by atoms with Crippen LogP contribution < -0.4 is 0 Å². The Morgan fingerprint density at radius 1 is 1.61 bits per heavy atom. The Morgan fingerprint density at radius 3 is 3.00 bits per heavy atom. The van der Waals surface area contributed by atoms with E-state index in [0.29, 0.717) is 25.9 Å². The molecule has 0 aromatic carbocycles. The zero-order valence-electron chi connectivity index (χ0n) is 10.4. The van der Waals surface area contributed by atoms with Crippen LogP contribution in [0.15, 0.2) is 12.7 Å². The number of hydrogen-bond acceptors (Lipinski definition) is 5. The van der Waals surface area contributed by atoms with Crippen molar-refractivity contribution in [3.63, 3.8) is 0 Å². The van der Waals surface area contributed by atoms with Gasteiger partial charge in [0.2, 0.25) is 5.91 Å². The van der Waals surface area contributed by atoms with Crippen molar-refractivity contribution in [2.75, 3.05) is 13.1 Å². The molecule has 1 aliphatic rings. The molecule has 1 fully saturated rings. The first-order valence-electron chi connectivity index (χ1n) is 6.00. The Morgan fingerprint density at radius 2 is 2.39 bits per heavy atom. The minimum absolute atomic E-state index is 0.0416. The quantitative estimate of drug-likeness (QED) is 0.723. The maximum Gasteiger partial charge on any atom is 0.224 e. The molecule has 0 radical (unpaired) electrons. The molecule has 0 aliphatic carbocycles. The lowest BCUT2D eigenvalue weighted by molar-refractivity contribution is -0.146. The molecular formula is C11H18N4O3. The van der Waals surface area contributed by atoms with E-state index in [0.717, 1.165) is 0 Å². The van der Waals surface area contributed by atoms with Gasteiger partial charge in [0, 0.05) is 19.5 Å². The van der Waals surface area contributed by atoms with Gasteiger partial charge < -0.3 is 15.1 Å². The van der Waals surface area contributed by atoms with Crippen molar-refractivity contribution in [2.24, 2.45) is 0 Å². The second-order valence-corrected chi connectivity index (χ2v) is 4.87. The van der Waals surface area contributed by atoms with Crippen LogP contribution in [0.25, 0.3) is 0 Å². The maximum absolute atomic E-state index is 11.9. The van der Waals surface area contributed by atoms with E-state index in [2.05, 4.69) is 10.1 Å². The van der Waals surface area contributed by atoms with E-state index in [-0.39, 0.29) is 12.5 Å². The summed E-state index contributed by atoms with van der Waals surface area (Å²) in [5.74, 6) is -0.0416. The highest BCUT2D eigenvalue weighted by Gasteiger charge is 2.37. The number of rotatable bonds is 3. The van der Waals surface area contributed by atoms with Crippen LogP contribution in [0.2, 0.25) is 0 Å². The lowest BCUT2D eigenvalue weighted by Crippen LogP contribution is -2.55. The molecule has 1 saturated heterocycles. The molecule has 7 nitrogen and oxygen atoms in total. The fourth-order valence-corrected chi connectivity index (χ4v) is 1.97. The molecule has 7 heteroatoms. The number of aryl methyl sites for hydroxylation is 1. The molecule has 1 aromatic rings. The molecule has 1 aromatic heterocycles. The molecular weight excluding hydrogens is 236 g/mol. The van der Waals surface area contributed by atoms with Crippen molar-refractivity contribution in [1.29, 1.82) is 0 Å². The first-order valence-corrected chi connectivity index (χ1v) is 6.00. The SMILES string of the molecule is CC1(O)CCN(C(=O)CCn2cncn2)CC1O. The predicted molar refractivity (Wildman–Crippen MR) is 62.5 cm³/mol. The zero-order valence-corrected chi connectivity index (χ0v) is 10.4. The summed E-state index contributed by atoms with van der Waals surface area (Å²) < 4.78 is 1.59. The molecule has 1 amide bonds. The van der Waals surface area contributed by atoms with E-state index in [4.69, 9.17) is 0 Å². The van der Waals surface area contributed by atoms with Gasteiger partial charge in [-0.15, -0.1) is 0 Å². The molecule has 2 heterocycles. The first kappa shape index (κ1) is 13.0. The van der Waals surface area contributed by atoms with Gasteiger partial charge in [0.05, 0.1) is 18.2 Å². The number of aliphatic hydroxyl groups excluding tert-OH is 1. The van der Waals surface area contributed by atoms with Crippen LogP contribution in [-0.2, 0) is 11.3 Å². The summed E-state index contributed by atoms with van der Waals surface area (Å²) in [5.41, 5.74) is -1.09. The number of likely N-dealkylation sites (tertiary alicyclic amines) is 1. The Kier molecular flexibility index (Phi) is 3.63. The van der Waals surface area contributed by atoms with Crippen molar-refractivity contribution >= 4 is 5.91 Å². The van der Waals surface area contributed by atoms with Crippen LogP contribution in [0.1, 0.15) is 19.8 Å². The summed E-state index contributed by atoms with van der Waals surface area (Å²) >= 11 is 0. The molecule has 1 aliphatic heterocycles. The standard InChI is InChI=1S/C11H18N4O3/c1-11(18)3-5-14(6-9(11)16)10(17)2-4-15-8-12-7-13-15/h7-9,16,18H,2-6H2,1H3. The number of aliphatic hydroxyl groups is 2. The van der Waals surface area contributed by atoms with Gasteiger partial charge >= 0.3 is 0 Å². The predicted octanol–water partition coefficient (Wildman–Crippen LogP) is -0.988. The fourth-order valence-electron chi connectivity index (χ4n) is 1.97. The molecule has 2 atom stereocenters. The molecule has 2 rings (SSSR count). The van der Waals surface area contributed by atoms with Crippen LogP contribution in [0.4, 0.5) is 0 Å². The molecule has 18 heavy (non-hydrogen) atoms. The Bertz CT molecular complexity index is 404. The molecule has 100 valence electrons. The average molecular weight is 254 g/mol. The van der Waals surface area contributed by atoms with E-state index in [1.165, 1.54) is 6.33 Å². The van der Waals surface area contributed by atoms with Crippen molar-refractivity contribution in [3.05, 3.63) is 12.7 Å². The largest absolute Gasteiger partial charge is 0.388 e. The monoisotopic (exact) mass is 254 g/mol. The molecule has 2 unspecified atom stereocenters. The minimum atomic E-state index is -1.09. The van der Waals surface area contributed by atoms with Crippen LogP contribution >= 0.6 is 0 Å². The highest BCUT2D eigenvalue weighted by molar-refractivity contribution is 5.76. The number of carbonyl (C=O) groups is 1. The van der Waals surface area contributed by atoms with Crippen molar-refractivity contribution < 1.29 is 15.0 Å². The fraction of sp³-hybridized carbons (Fsp3) is 0.727. The first-order chi connectivity index (χ1) is 8.49. The molecule has 0 saturated carbocycles. The van der Waals surface area contributed by atoms with Gasteiger partial charge in [-0.2, -0.15) is 5.10 Å². The lowest BCUT2D eigenvalue weighted by Gasteiger charge is -2.39. The molecule has 0 spiro atoms. The summed E-state index contributed by atoms with van der Waals surface area (Å²) in [7, 11) is 0. The average Bonchev–Trinajstić information content (AvgIpc) is 2.82. The van der Waals surface area contributed by atoms with Gasteiger partial charge in [-0.1, -0.05) is 0 Å². The van der Waals surface area contributed by atoms with Crippen molar-refractivity contribution in [1.82, 2.24) is 19.7 Å². The van der Waals surface area contributed by atoms with Gasteiger partial charge in [0.1, 0.15) is 12.7 Å². The van der Waals surface area contributed by atoms with Crippen LogP contribution in [0.5, 0.6) is 0 Å². The van der Waals surface area contributed by atoms with E-state index < -0.39 is 11.7 Å². The number of piperidine rings is 1. The number of amides is 1. The third-order valence-corrected chi connectivity index (χ3v) is 3.37. The highest BCUT2D eigenvalue weighted by atomic mass is 16.3. The Hall–Kier alpha value is -1.47. The summed E-state index contributed by atoms with van der Waals surface area (Å²) in [6.07, 6.45) is 2.80. The lowest BCUT2D eigenvalue weighted by atomic mass is 9.90. The number of aromatic nitrogens is 3. The second-order valence-electron chi connectivity index (χ2n) is 4.87. The second kappa shape index (κ2) is 5.03. The third-order valence-electron chi connectivity index (χ3n) is 3.37. The van der Waals surface area contributed by atoms with Crippen molar-refractivity contribution in [3.8, 4) is 0 Å². The van der Waals surface area contributed by atoms with Gasteiger partial charge in [-0.3, -0.25) is 9.48 Å². The van der Waals surface area contributed by atoms with E-state index in [9.17, 15) is 15.0 Å². The number of nitrogens with zero attached hydrogens (tertiary/aromatic N) is 4. The summed E-state index contributed by atoms with van der Waals surface area (Å²) in [5, 5.41) is 23.5. The minimum Gasteiger partial charge on any atom is -0.388 e. The highest BCUT2D eigenvalue weighted by Crippen LogP contribution is 2.22. The normalized spacial score (nSPS) is 28.4. The van der Waals surface area contributed by atoms with Crippen LogP contribution in [-0.4, -0.2) is 60.6 Å². The maximum atomic E-state index is 11.9. The van der Waals surface area contributed by atoms with E-state index in [1.54, 1.807) is 22.8 Å². The number of hydrogen-bond donors (Lipinski definition) is 2. The van der Waals surface area contributed by atoms with Gasteiger partial charge in [0.15, 0.2) is 0 Å². The smallest absolute Gasteiger partial charge is 0.224 e. The Labute approximate surface area is 105 Å². The van der Waals surface area contributed by atoms with Crippen LogP contribution in [0, 0.1) is 0 Å². The van der Waals surface area contributed by atoms with Gasteiger partial charge in [-0.25, -0.2) is 4.98 Å². The topological polar surface area (TPSA) is 91.5 Å². The molecule has 2 N–H and O–H groups in total. The van der Waals surface area contributed by atoms with Crippen molar-refractivity contribution in [2.45, 2.75) is 38.0 Å². The van der Waals surface area contributed by atoms with Crippen LogP contribution in [0.3, 0.4) is 0 Å². The van der Waals surface area contributed by atoms with E-state index >= 15 is 0 Å². The number of carbonyl (C=O) groups excluding carboxylic acids is 1. The third kappa shape index (κ3) is 2.85. The van der Waals surface area contributed by atoms with E-state index in [1.807, 2.05) is 0 Å². The summed E-state index contributed by atoms with van der Waals surface area (Å²) in [6.45, 7) is 2.72. The molecule has 0 bridgehead atoms.